The number of nitrogens with one attached hydrogen (secondary N) is 1. The first-order valence-corrected chi connectivity index (χ1v) is 5.37. The van der Waals surface area contributed by atoms with Gasteiger partial charge < -0.3 is 5.73 Å². The number of urea groups is 1. The number of nitrogens with zero attached hydrogens (tertiary/aromatic N) is 1. The topological polar surface area (TPSA) is 67.5 Å². The van der Waals surface area contributed by atoms with Gasteiger partial charge in [0.15, 0.2) is 0 Å². The second-order valence-corrected chi connectivity index (χ2v) is 4.35. The van der Waals surface area contributed by atoms with E-state index in [9.17, 15) is 4.79 Å². The molecule has 2 aliphatic rings. The Bertz CT molecular complexity index is 262. The summed E-state index contributed by atoms with van der Waals surface area (Å²) in [6, 6.07) is -0.560. The SMILES string of the molecule is NC(=O)NN=C1CC[C@@H]2CCC[C@H]1C2. The van der Waals surface area contributed by atoms with Crippen molar-refractivity contribution in [1.29, 1.82) is 0 Å². The summed E-state index contributed by atoms with van der Waals surface area (Å²) in [5.74, 6) is 1.51. The number of hydrazone groups is 1. The Kier molecular flexibility index (Phi) is 2.70. The zero-order valence-corrected chi connectivity index (χ0v) is 8.33. The van der Waals surface area contributed by atoms with Crippen molar-refractivity contribution in [2.45, 2.75) is 38.5 Å². The molecule has 2 fully saturated rings. The van der Waals surface area contributed by atoms with E-state index in [-0.39, 0.29) is 0 Å². The van der Waals surface area contributed by atoms with Gasteiger partial charge in [-0.3, -0.25) is 0 Å². The molecule has 0 aromatic rings. The van der Waals surface area contributed by atoms with Crippen LogP contribution in [0, 0.1) is 11.8 Å². The van der Waals surface area contributed by atoms with Gasteiger partial charge in [-0.05, 0) is 37.5 Å². The number of rotatable bonds is 1. The second-order valence-electron chi connectivity index (χ2n) is 4.35. The van der Waals surface area contributed by atoms with Crippen LogP contribution in [0.4, 0.5) is 4.79 Å². The normalized spacial score (nSPS) is 34.1. The molecule has 2 amide bonds. The highest BCUT2D eigenvalue weighted by Crippen LogP contribution is 2.38. The molecule has 2 atom stereocenters. The van der Waals surface area contributed by atoms with E-state index in [1.807, 2.05) is 0 Å². The molecule has 0 heterocycles. The molecule has 0 radical (unpaired) electrons. The van der Waals surface area contributed by atoms with E-state index in [4.69, 9.17) is 5.73 Å². The Balaban J connectivity index is 1.98. The first-order chi connectivity index (χ1) is 6.75. The minimum Gasteiger partial charge on any atom is -0.350 e. The lowest BCUT2D eigenvalue weighted by Crippen LogP contribution is -2.32. The molecule has 2 rings (SSSR count). The molecule has 14 heavy (non-hydrogen) atoms. The number of nitrogens with two attached hydrogens (primary N) is 1. The van der Waals surface area contributed by atoms with Gasteiger partial charge in [0, 0.05) is 5.71 Å². The number of amides is 2. The van der Waals surface area contributed by atoms with E-state index in [1.54, 1.807) is 0 Å². The molecule has 2 saturated carbocycles. The van der Waals surface area contributed by atoms with Crippen LogP contribution in [0.25, 0.3) is 0 Å². The fourth-order valence-electron chi connectivity index (χ4n) is 2.69. The van der Waals surface area contributed by atoms with Crippen LogP contribution in [0.2, 0.25) is 0 Å². The molecule has 0 aromatic carbocycles. The number of fused-ring (bicyclic) bond motifs is 2. The first-order valence-electron chi connectivity index (χ1n) is 5.37. The largest absolute Gasteiger partial charge is 0.350 e. The maximum atomic E-state index is 10.5. The number of hydrogen-bond donors (Lipinski definition) is 2. The summed E-state index contributed by atoms with van der Waals surface area (Å²) in [5, 5.41) is 4.10. The maximum Gasteiger partial charge on any atom is 0.332 e. The molecule has 78 valence electrons. The third-order valence-electron chi connectivity index (χ3n) is 3.37. The van der Waals surface area contributed by atoms with Crippen LogP contribution < -0.4 is 11.2 Å². The van der Waals surface area contributed by atoms with E-state index in [0.29, 0.717) is 5.92 Å². The van der Waals surface area contributed by atoms with Gasteiger partial charge in [-0.25, -0.2) is 10.2 Å². The third kappa shape index (κ3) is 2.05. The van der Waals surface area contributed by atoms with Gasteiger partial charge in [0.1, 0.15) is 0 Å². The molecule has 0 saturated heterocycles. The van der Waals surface area contributed by atoms with Gasteiger partial charge in [0.25, 0.3) is 0 Å². The van der Waals surface area contributed by atoms with Crippen LogP contribution >= 0.6 is 0 Å². The lowest BCUT2D eigenvalue weighted by Gasteiger charge is -2.35. The van der Waals surface area contributed by atoms with Crippen molar-refractivity contribution in [3.63, 3.8) is 0 Å². The monoisotopic (exact) mass is 195 g/mol. The summed E-state index contributed by atoms with van der Waals surface area (Å²) in [7, 11) is 0. The molecular formula is C10H17N3O. The predicted molar refractivity (Wildman–Crippen MR) is 54.8 cm³/mol. The van der Waals surface area contributed by atoms with Crippen LogP contribution in [-0.2, 0) is 0 Å². The van der Waals surface area contributed by atoms with Crippen molar-refractivity contribution in [3.8, 4) is 0 Å². The predicted octanol–water partition coefficient (Wildman–Crippen LogP) is 1.61. The highest BCUT2D eigenvalue weighted by molar-refractivity contribution is 5.88. The summed E-state index contributed by atoms with van der Waals surface area (Å²) >= 11 is 0. The summed E-state index contributed by atoms with van der Waals surface area (Å²) in [6.45, 7) is 0. The fraction of sp³-hybridized carbons (Fsp3) is 0.800. The van der Waals surface area contributed by atoms with Crippen LogP contribution in [0.5, 0.6) is 0 Å². The van der Waals surface area contributed by atoms with Crippen molar-refractivity contribution >= 4 is 11.7 Å². The number of primary amides is 1. The summed E-state index contributed by atoms with van der Waals surface area (Å²) in [5.41, 5.74) is 8.48. The molecule has 0 aliphatic heterocycles. The third-order valence-corrected chi connectivity index (χ3v) is 3.37. The molecule has 0 unspecified atom stereocenters. The van der Waals surface area contributed by atoms with E-state index < -0.39 is 6.03 Å². The summed E-state index contributed by atoms with van der Waals surface area (Å²) in [4.78, 5) is 10.5. The van der Waals surface area contributed by atoms with Crippen LogP contribution in [-0.4, -0.2) is 11.7 Å². The minimum absolute atomic E-state index is 0.560. The van der Waals surface area contributed by atoms with Gasteiger partial charge in [0.2, 0.25) is 0 Å². The molecular weight excluding hydrogens is 178 g/mol. The van der Waals surface area contributed by atoms with Gasteiger partial charge in [0.05, 0.1) is 0 Å². The van der Waals surface area contributed by atoms with Crippen LogP contribution in [0.1, 0.15) is 38.5 Å². The highest BCUT2D eigenvalue weighted by Gasteiger charge is 2.30. The zero-order chi connectivity index (χ0) is 9.97. The highest BCUT2D eigenvalue weighted by atomic mass is 16.2. The average Bonchev–Trinajstić information content (AvgIpc) is 2.17. The Labute approximate surface area is 83.9 Å². The number of carbonyl (C=O) groups excluding carboxylic acids is 1. The molecule has 4 heteroatoms. The smallest absolute Gasteiger partial charge is 0.332 e. The van der Waals surface area contributed by atoms with Gasteiger partial charge in [-0.1, -0.05) is 12.8 Å². The number of hydrogen-bond acceptors (Lipinski definition) is 2. The molecule has 2 bridgehead atoms. The van der Waals surface area contributed by atoms with E-state index in [2.05, 4.69) is 10.5 Å². The zero-order valence-electron chi connectivity index (χ0n) is 8.33. The average molecular weight is 195 g/mol. The molecule has 3 N–H and O–H groups in total. The van der Waals surface area contributed by atoms with E-state index >= 15 is 0 Å². The van der Waals surface area contributed by atoms with Crippen molar-refractivity contribution in [1.82, 2.24) is 5.43 Å². The van der Waals surface area contributed by atoms with E-state index in [0.717, 1.165) is 18.1 Å². The van der Waals surface area contributed by atoms with Crippen molar-refractivity contribution in [3.05, 3.63) is 0 Å². The van der Waals surface area contributed by atoms with Crippen LogP contribution in [0.15, 0.2) is 5.10 Å². The standard InChI is InChI=1S/C10H17N3O/c11-10(14)13-12-9-5-4-7-2-1-3-8(9)6-7/h7-8H,1-6H2,(H3,11,13,14)/t7-,8-/m0/s1. The van der Waals surface area contributed by atoms with Gasteiger partial charge in [-0.15, -0.1) is 0 Å². The van der Waals surface area contributed by atoms with Crippen molar-refractivity contribution in [2.24, 2.45) is 22.7 Å². The molecule has 4 nitrogen and oxygen atoms in total. The maximum absolute atomic E-state index is 10.5. The Morgan fingerprint density at radius 3 is 3.07 bits per heavy atom. The number of carbonyl (C=O) groups is 1. The molecule has 0 aromatic heterocycles. The molecule has 0 spiro atoms. The Hall–Kier alpha value is -1.06. The van der Waals surface area contributed by atoms with Crippen LogP contribution in [0.3, 0.4) is 0 Å². The lowest BCUT2D eigenvalue weighted by atomic mass is 9.71. The van der Waals surface area contributed by atoms with Crippen molar-refractivity contribution in [2.75, 3.05) is 0 Å². The first kappa shape index (κ1) is 9.49. The molecule has 2 aliphatic carbocycles. The fourth-order valence-corrected chi connectivity index (χ4v) is 2.69. The quantitative estimate of drug-likeness (QED) is 0.613. The van der Waals surface area contributed by atoms with E-state index in [1.165, 1.54) is 32.1 Å². The summed E-state index contributed by atoms with van der Waals surface area (Å²) in [6.07, 6.45) is 7.46. The Morgan fingerprint density at radius 1 is 1.43 bits per heavy atom. The van der Waals surface area contributed by atoms with Gasteiger partial charge in [-0.2, -0.15) is 5.10 Å². The van der Waals surface area contributed by atoms with Crippen molar-refractivity contribution < 1.29 is 4.79 Å². The van der Waals surface area contributed by atoms with Gasteiger partial charge >= 0.3 is 6.03 Å². The minimum atomic E-state index is -0.560. The Morgan fingerprint density at radius 2 is 2.29 bits per heavy atom. The second kappa shape index (κ2) is 3.98. The summed E-state index contributed by atoms with van der Waals surface area (Å²) < 4.78 is 0. The lowest BCUT2D eigenvalue weighted by molar-refractivity contribution is 0.248.